The molecular weight excluding hydrogens is 200 g/mol. The highest BCUT2D eigenvalue weighted by Crippen LogP contribution is 2.31. The van der Waals surface area contributed by atoms with Gasteiger partial charge in [-0.1, -0.05) is 27.7 Å². The van der Waals surface area contributed by atoms with Crippen LogP contribution in [-0.4, -0.2) is 12.1 Å². The molecule has 0 aromatic heterocycles. The Labute approximate surface area is 99.8 Å². The third-order valence-electron chi connectivity index (χ3n) is 3.24. The summed E-state index contributed by atoms with van der Waals surface area (Å²) in [4.78, 5) is 11.5. The van der Waals surface area contributed by atoms with Crippen LogP contribution in [0.1, 0.15) is 60.3 Å². The lowest BCUT2D eigenvalue weighted by molar-refractivity contribution is -0.144. The second-order valence-corrected chi connectivity index (χ2v) is 6.63. The Balaban J connectivity index is 2.27. The normalized spacial score (nSPS) is 27.9. The summed E-state index contributed by atoms with van der Waals surface area (Å²) < 4.78 is 5.17. The molecule has 1 fully saturated rings. The number of hydrogen-bond acceptors (Lipinski definition) is 2. The van der Waals surface area contributed by atoms with Crippen molar-refractivity contribution in [2.75, 3.05) is 0 Å². The van der Waals surface area contributed by atoms with Crippen LogP contribution < -0.4 is 0 Å². The lowest BCUT2D eigenvalue weighted by atomic mass is 9.82. The van der Waals surface area contributed by atoms with Gasteiger partial charge in [0.2, 0.25) is 0 Å². The molecule has 1 aliphatic rings. The second-order valence-electron chi connectivity index (χ2n) is 6.63. The molecule has 0 radical (unpaired) electrons. The summed E-state index contributed by atoms with van der Waals surface area (Å²) in [5.74, 6) is 0.886. The molecule has 2 nitrogen and oxygen atoms in total. The van der Waals surface area contributed by atoms with E-state index in [9.17, 15) is 4.79 Å². The van der Waals surface area contributed by atoms with Crippen LogP contribution in [0.5, 0.6) is 0 Å². The van der Waals surface area contributed by atoms with Crippen LogP contribution in [0.3, 0.4) is 0 Å². The average Bonchev–Trinajstić information content (AvgIpc) is 2.38. The van der Waals surface area contributed by atoms with Crippen LogP contribution in [0.15, 0.2) is 0 Å². The lowest BCUT2D eigenvalue weighted by Gasteiger charge is -2.23. The first-order chi connectivity index (χ1) is 7.28. The molecule has 94 valence electrons. The summed E-state index contributed by atoms with van der Waals surface area (Å²) in [6.45, 7) is 11.1. The molecule has 0 N–H and O–H groups in total. The Morgan fingerprint density at radius 3 is 2.50 bits per heavy atom. The minimum Gasteiger partial charge on any atom is -0.462 e. The molecule has 0 aromatic carbocycles. The highest BCUT2D eigenvalue weighted by molar-refractivity contribution is 5.74. The Morgan fingerprint density at radius 1 is 1.44 bits per heavy atom. The molecule has 2 unspecified atom stereocenters. The van der Waals surface area contributed by atoms with Gasteiger partial charge in [0.05, 0.1) is 12.0 Å². The topological polar surface area (TPSA) is 26.3 Å². The summed E-state index contributed by atoms with van der Waals surface area (Å²) in [5, 5.41) is 0. The first-order valence-corrected chi connectivity index (χ1v) is 6.48. The maximum absolute atomic E-state index is 11.5. The maximum Gasteiger partial charge on any atom is 0.309 e. The number of carbonyl (C=O) groups is 1. The molecule has 0 saturated carbocycles. The molecule has 0 amide bonds. The van der Waals surface area contributed by atoms with Crippen molar-refractivity contribution in [2.24, 2.45) is 17.3 Å². The number of esters is 1. The van der Waals surface area contributed by atoms with Crippen LogP contribution in [0, 0.1) is 17.3 Å². The molecule has 16 heavy (non-hydrogen) atoms. The minimum absolute atomic E-state index is 0.0236. The van der Waals surface area contributed by atoms with E-state index in [0.29, 0.717) is 11.3 Å². The molecule has 0 aromatic rings. The van der Waals surface area contributed by atoms with E-state index in [1.807, 2.05) is 6.92 Å². The van der Waals surface area contributed by atoms with Gasteiger partial charge in [-0.25, -0.2) is 0 Å². The fraction of sp³-hybridized carbons (Fsp3) is 0.929. The first-order valence-electron chi connectivity index (χ1n) is 6.48. The zero-order valence-electron chi connectivity index (χ0n) is 11.4. The predicted octanol–water partition coefficient (Wildman–Crippen LogP) is 3.79. The van der Waals surface area contributed by atoms with Crippen molar-refractivity contribution in [1.29, 1.82) is 0 Å². The molecule has 3 atom stereocenters. The van der Waals surface area contributed by atoms with Gasteiger partial charge in [0.1, 0.15) is 0 Å². The van der Waals surface area contributed by atoms with Gasteiger partial charge in [-0.15, -0.1) is 0 Å². The van der Waals surface area contributed by atoms with Gasteiger partial charge >= 0.3 is 5.97 Å². The van der Waals surface area contributed by atoms with Crippen LogP contribution in [-0.2, 0) is 9.53 Å². The lowest BCUT2D eigenvalue weighted by Crippen LogP contribution is -2.14. The van der Waals surface area contributed by atoms with E-state index in [-0.39, 0.29) is 18.0 Å². The van der Waals surface area contributed by atoms with E-state index in [1.165, 1.54) is 6.42 Å². The van der Waals surface area contributed by atoms with Crippen molar-refractivity contribution in [2.45, 2.75) is 66.4 Å². The van der Waals surface area contributed by atoms with E-state index in [0.717, 1.165) is 19.3 Å². The summed E-state index contributed by atoms with van der Waals surface area (Å²) in [6.07, 6.45) is 4.42. The molecular formula is C14H26O2. The Bertz CT molecular complexity index is 240. The Hall–Kier alpha value is -0.530. The number of rotatable bonds is 4. The van der Waals surface area contributed by atoms with Crippen molar-refractivity contribution < 1.29 is 9.53 Å². The number of cyclic esters (lactones) is 1. The Morgan fingerprint density at radius 2 is 2.06 bits per heavy atom. The molecule has 2 heteroatoms. The van der Waals surface area contributed by atoms with Gasteiger partial charge in [-0.2, -0.15) is 0 Å². The molecule has 0 spiro atoms. The molecule has 0 bridgehead atoms. The fourth-order valence-electron chi connectivity index (χ4n) is 2.71. The minimum atomic E-state index is 0.0236. The van der Waals surface area contributed by atoms with Crippen molar-refractivity contribution >= 4 is 5.97 Å². The summed E-state index contributed by atoms with van der Waals surface area (Å²) >= 11 is 0. The standard InChI is InChI=1S/C14H26O2/c1-10(9-14(3,4)5)6-7-12-8-11(2)16-13(12)15/h10-12H,6-9H2,1-5H3/t10-,11?,12?/m0/s1. The largest absolute Gasteiger partial charge is 0.462 e. The summed E-state index contributed by atoms with van der Waals surface area (Å²) in [6, 6.07) is 0. The van der Waals surface area contributed by atoms with Crippen LogP contribution in [0.2, 0.25) is 0 Å². The van der Waals surface area contributed by atoms with Crippen molar-refractivity contribution in [3.05, 3.63) is 0 Å². The number of ether oxygens (including phenoxy) is 1. The SMILES string of the molecule is CC1CC(CC[C@H](C)CC(C)(C)C)C(=O)O1. The van der Waals surface area contributed by atoms with Crippen molar-refractivity contribution in [3.63, 3.8) is 0 Å². The molecule has 0 aliphatic carbocycles. The van der Waals surface area contributed by atoms with Crippen molar-refractivity contribution in [1.82, 2.24) is 0 Å². The van der Waals surface area contributed by atoms with Gasteiger partial charge in [0.15, 0.2) is 0 Å². The van der Waals surface area contributed by atoms with Crippen molar-refractivity contribution in [3.8, 4) is 0 Å². The summed E-state index contributed by atoms with van der Waals surface area (Å²) in [5.41, 5.74) is 0.392. The van der Waals surface area contributed by atoms with E-state index in [2.05, 4.69) is 27.7 Å². The van der Waals surface area contributed by atoms with Gasteiger partial charge in [0, 0.05) is 0 Å². The van der Waals surface area contributed by atoms with Gasteiger partial charge in [0.25, 0.3) is 0 Å². The van der Waals surface area contributed by atoms with Crippen LogP contribution in [0.4, 0.5) is 0 Å². The third-order valence-corrected chi connectivity index (χ3v) is 3.24. The summed E-state index contributed by atoms with van der Waals surface area (Å²) in [7, 11) is 0. The van der Waals surface area contributed by atoms with Gasteiger partial charge in [-0.05, 0) is 43.9 Å². The fourth-order valence-corrected chi connectivity index (χ4v) is 2.71. The third kappa shape index (κ3) is 4.54. The molecule has 1 heterocycles. The second kappa shape index (κ2) is 5.20. The molecule has 1 aliphatic heterocycles. The predicted molar refractivity (Wildman–Crippen MR) is 66.1 cm³/mol. The molecule has 1 rings (SSSR count). The van der Waals surface area contributed by atoms with E-state index < -0.39 is 0 Å². The van der Waals surface area contributed by atoms with Crippen LogP contribution in [0.25, 0.3) is 0 Å². The zero-order valence-corrected chi connectivity index (χ0v) is 11.4. The van der Waals surface area contributed by atoms with E-state index in [1.54, 1.807) is 0 Å². The first kappa shape index (κ1) is 13.5. The quantitative estimate of drug-likeness (QED) is 0.682. The van der Waals surface area contributed by atoms with E-state index in [4.69, 9.17) is 4.74 Å². The average molecular weight is 226 g/mol. The highest BCUT2D eigenvalue weighted by Gasteiger charge is 2.31. The van der Waals surface area contributed by atoms with Gasteiger partial charge < -0.3 is 4.74 Å². The van der Waals surface area contributed by atoms with Crippen LogP contribution >= 0.6 is 0 Å². The van der Waals surface area contributed by atoms with E-state index >= 15 is 0 Å². The highest BCUT2D eigenvalue weighted by atomic mass is 16.5. The Kier molecular flexibility index (Phi) is 4.40. The number of hydrogen-bond donors (Lipinski definition) is 0. The monoisotopic (exact) mass is 226 g/mol. The maximum atomic E-state index is 11.5. The molecule has 1 saturated heterocycles. The zero-order chi connectivity index (χ0) is 12.3. The smallest absolute Gasteiger partial charge is 0.309 e. The number of carbonyl (C=O) groups excluding carboxylic acids is 1. The van der Waals surface area contributed by atoms with Gasteiger partial charge in [-0.3, -0.25) is 4.79 Å².